The molecular formula is C13H17NO2. The van der Waals surface area contributed by atoms with Crippen molar-refractivity contribution < 1.29 is 9.53 Å². The van der Waals surface area contributed by atoms with Crippen molar-refractivity contribution in [1.29, 1.82) is 0 Å². The number of carbonyl (C=O) groups excluding carboxylic acids is 1. The molecular weight excluding hydrogens is 202 g/mol. The van der Waals surface area contributed by atoms with Gasteiger partial charge in [-0.1, -0.05) is 36.4 Å². The number of hydrogen-bond acceptors (Lipinski definition) is 3. The Balaban J connectivity index is 2.34. The number of benzene rings is 1. The summed E-state index contributed by atoms with van der Waals surface area (Å²) < 4.78 is 4.49. The molecule has 16 heavy (non-hydrogen) atoms. The molecule has 0 saturated carbocycles. The molecule has 0 spiro atoms. The first-order valence-corrected chi connectivity index (χ1v) is 5.27. The van der Waals surface area contributed by atoms with Crippen LogP contribution in [0.3, 0.4) is 0 Å². The zero-order valence-corrected chi connectivity index (χ0v) is 9.64. The van der Waals surface area contributed by atoms with E-state index in [9.17, 15) is 4.79 Å². The van der Waals surface area contributed by atoms with Crippen LogP contribution in [0.15, 0.2) is 42.5 Å². The van der Waals surface area contributed by atoms with Crippen molar-refractivity contribution in [3.63, 3.8) is 0 Å². The van der Waals surface area contributed by atoms with Crippen LogP contribution in [0.25, 0.3) is 0 Å². The molecule has 0 aliphatic rings. The van der Waals surface area contributed by atoms with Crippen molar-refractivity contribution in [2.45, 2.75) is 13.0 Å². The Bertz CT molecular complexity index is 346. The van der Waals surface area contributed by atoms with Gasteiger partial charge in [-0.25, -0.2) is 4.79 Å². The molecule has 0 saturated heterocycles. The van der Waals surface area contributed by atoms with Crippen molar-refractivity contribution in [2.24, 2.45) is 0 Å². The molecule has 0 aliphatic carbocycles. The maximum absolute atomic E-state index is 10.8. The van der Waals surface area contributed by atoms with Crippen LogP contribution in [-0.4, -0.2) is 19.6 Å². The second-order valence-electron chi connectivity index (χ2n) is 3.47. The second-order valence-corrected chi connectivity index (χ2v) is 3.47. The number of methoxy groups -OCH3 is 1. The van der Waals surface area contributed by atoms with E-state index in [2.05, 4.69) is 29.1 Å². The molecule has 0 bridgehead atoms. The van der Waals surface area contributed by atoms with Gasteiger partial charge in [0.25, 0.3) is 0 Å². The standard InChI is InChI=1S/C13H17NO2/c1-11(12-7-4-3-5-8-12)14-10-6-9-13(15)16-2/h3-9,11,14H,10H2,1-2H3/b9-6+/t11-/m1/s1. The minimum absolute atomic E-state index is 0.267. The molecule has 1 aromatic rings. The zero-order valence-electron chi connectivity index (χ0n) is 9.64. The summed E-state index contributed by atoms with van der Waals surface area (Å²) in [5.74, 6) is -0.325. The van der Waals surface area contributed by atoms with Crippen LogP contribution in [0.1, 0.15) is 18.5 Å². The second kappa shape index (κ2) is 6.80. The van der Waals surface area contributed by atoms with Gasteiger partial charge >= 0.3 is 5.97 Å². The normalized spacial score (nSPS) is 12.6. The monoisotopic (exact) mass is 219 g/mol. The Morgan fingerprint density at radius 1 is 1.44 bits per heavy atom. The maximum atomic E-state index is 10.8. The lowest BCUT2D eigenvalue weighted by molar-refractivity contribution is -0.134. The third kappa shape index (κ3) is 4.28. The van der Waals surface area contributed by atoms with Gasteiger partial charge in [-0.15, -0.1) is 0 Å². The number of esters is 1. The van der Waals surface area contributed by atoms with E-state index >= 15 is 0 Å². The van der Waals surface area contributed by atoms with Crippen molar-refractivity contribution in [1.82, 2.24) is 5.32 Å². The minimum Gasteiger partial charge on any atom is -0.466 e. The first kappa shape index (κ1) is 12.5. The van der Waals surface area contributed by atoms with Gasteiger partial charge in [0, 0.05) is 18.7 Å². The molecule has 1 rings (SSSR count). The molecule has 3 nitrogen and oxygen atoms in total. The van der Waals surface area contributed by atoms with E-state index in [1.807, 2.05) is 18.2 Å². The highest BCUT2D eigenvalue weighted by atomic mass is 16.5. The van der Waals surface area contributed by atoms with E-state index < -0.39 is 0 Å². The van der Waals surface area contributed by atoms with Crippen LogP contribution in [0.4, 0.5) is 0 Å². The van der Waals surface area contributed by atoms with Crippen LogP contribution in [0, 0.1) is 0 Å². The topological polar surface area (TPSA) is 38.3 Å². The van der Waals surface area contributed by atoms with E-state index in [0.29, 0.717) is 6.54 Å². The molecule has 1 atom stereocenters. The number of carbonyl (C=O) groups is 1. The van der Waals surface area contributed by atoms with Gasteiger partial charge < -0.3 is 10.1 Å². The third-order valence-corrected chi connectivity index (χ3v) is 2.30. The predicted octanol–water partition coefficient (Wildman–Crippen LogP) is 2.07. The molecule has 0 amide bonds. The highest BCUT2D eigenvalue weighted by Gasteiger charge is 2.01. The number of ether oxygens (including phenoxy) is 1. The Morgan fingerprint density at radius 3 is 2.75 bits per heavy atom. The number of nitrogens with one attached hydrogen (secondary N) is 1. The Kier molecular flexibility index (Phi) is 5.29. The fourth-order valence-corrected chi connectivity index (χ4v) is 1.33. The molecule has 0 fully saturated rings. The third-order valence-electron chi connectivity index (χ3n) is 2.30. The van der Waals surface area contributed by atoms with Crippen molar-refractivity contribution in [3.05, 3.63) is 48.0 Å². The zero-order chi connectivity index (χ0) is 11.8. The summed E-state index contributed by atoms with van der Waals surface area (Å²) in [5.41, 5.74) is 1.23. The summed E-state index contributed by atoms with van der Waals surface area (Å²) >= 11 is 0. The van der Waals surface area contributed by atoms with Crippen LogP contribution < -0.4 is 5.32 Å². The van der Waals surface area contributed by atoms with E-state index in [4.69, 9.17) is 0 Å². The maximum Gasteiger partial charge on any atom is 0.330 e. The number of hydrogen-bond donors (Lipinski definition) is 1. The number of rotatable bonds is 5. The van der Waals surface area contributed by atoms with Gasteiger partial charge in [0.2, 0.25) is 0 Å². The van der Waals surface area contributed by atoms with E-state index in [-0.39, 0.29) is 12.0 Å². The van der Waals surface area contributed by atoms with Gasteiger partial charge in [0.15, 0.2) is 0 Å². The van der Waals surface area contributed by atoms with E-state index in [1.165, 1.54) is 18.7 Å². The first-order valence-electron chi connectivity index (χ1n) is 5.27. The highest BCUT2D eigenvalue weighted by Crippen LogP contribution is 2.10. The molecule has 0 heterocycles. The predicted molar refractivity (Wildman–Crippen MR) is 64.0 cm³/mol. The van der Waals surface area contributed by atoms with Crippen LogP contribution in [-0.2, 0) is 9.53 Å². The molecule has 0 aromatic heterocycles. The summed E-state index contributed by atoms with van der Waals surface area (Å²) in [7, 11) is 1.37. The average molecular weight is 219 g/mol. The summed E-state index contributed by atoms with van der Waals surface area (Å²) in [6.45, 7) is 2.73. The molecule has 0 unspecified atom stereocenters. The molecule has 86 valence electrons. The van der Waals surface area contributed by atoms with Gasteiger partial charge in [-0.05, 0) is 12.5 Å². The Morgan fingerprint density at radius 2 is 2.12 bits per heavy atom. The SMILES string of the molecule is COC(=O)/C=C/CN[C@H](C)c1ccccc1. The highest BCUT2D eigenvalue weighted by molar-refractivity contribution is 5.81. The lowest BCUT2D eigenvalue weighted by Gasteiger charge is -2.12. The van der Waals surface area contributed by atoms with Gasteiger partial charge in [0.05, 0.1) is 7.11 Å². The lowest BCUT2D eigenvalue weighted by Crippen LogP contribution is -2.18. The van der Waals surface area contributed by atoms with Gasteiger partial charge in [-0.2, -0.15) is 0 Å². The van der Waals surface area contributed by atoms with Crippen LogP contribution in [0.2, 0.25) is 0 Å². The van der Waals surface area contributed by atoms with Gasteiger partial charge in [0.1, 0.15) is 0 Å². The molecule has 0 aliphatic heterocycles. The molecule has 1 aromatic carbocycles. The van der Waals surface area contributed by atoms with Crippen molar-refractivity contribution in [3.8, 4) is 0 Å². The quantitative estimate of drug-likeness (QED) is 0.608. The summed E-state index contributed by atoms with van der Waals surface area (Å²) in [5, 5.41) is 3.28. The van der Waals surface area contributed by atoms with E-state index in [0.717, 1.165) is 0 Å². The summed E-state index contributed by atoms with van der Waals surface area (Å²) in [4.78, 5) is 10.8. The fourth-order valence-electron chi connectivity index (χ4n) is 1.33. The molecule has 0 radical (unpaired) electrons. The van der Waals surface area contributed by atoms with E-state index in [1.54, 1.807) is 6.08 Å². The average Bonchev–Trinajstić information content (AvgIpc) is 2.35. The van der Waals surface area contributed by atoms with Crippen molar-refractivity contribution in [2.75, 3.05) is 13.7 Å². The Hall–Kier alpha value is -1.61. The minimum atomic E-state index is -0.325. The van der Waals surface area contributed by atoms with Crippen molar-refractivity contribution >= 4 is 5.97 Å². The largest absolute Gasteiger partial charge is 0.466 e. The Labute approximate surface area is 96.1 Å². The van der Waals surface area contributed by atoms with Gasteiger partial charge in [-0.3, -0.25) is 0 Å². The van der Waals surface area contributed by atoms with Crippen LogP contribution >= 0.6 is 0 Å². The summed E-state index contributed by atoms with van der Waals surface area (Å²) in [6, 6.07) is 10.4. The lowest BCUT2D eigenvalue weighted by atomic mass is 10.1. The molecule has 3 heteroatoms. The first-order chi connectivity index (χ1) is 7.74. The molecule has 1 N–H and O–H groups in total. The smallest absolute Gasteiger partial charge is 0.330 e. The summed E-state index contributed by atoms with van der Waals surface area (Å²) in [6.07, 6.45) is 3.18. The fraction of sp³-hybridized carbons (Fsp3) is 0.308. The van der Waals surface area contributed by atoms with Crippen LogP contribution in [0.5, 0.6) is 0 Å².